The quantitative estimate of drug-likeness (QED) is 0.584. The molecule has 4 heterocycles. The minimum absolute atomic E-state index is 0.110. The van der Waals surface area contributed by atoms with Gasteiger partial charge in [0, 0.05) is 62.4 Å². The first-order valence-electron chi connectivity index (χ1n) is 12.1. The Kier molecular flexibility index (Phi) is 7.48. The van der Waals surface area contributed by atoms with Crippen molar-refractivity contribution >= 4 is 39.0 Å². The Hall–Kier alpha value is -1.62. The third-order valence-corrected chi connectivity index (χ3v) is 8.94. The number of thiophene rings is 1. The first kappa shape index (κ1) is 24.1. The fraction of sp³-hybridized carbons (Fsp3) is 0.625. The predicted octanol–water partition coefficient (Wildman–Crippen LogP) is 4.02. The molecule has 2 aromatic rings. The molecule has 0 saturated carbocycles. The molecule has 2 saturated heterocycles. The molecule has 2 aliphatic heterocycles. The summed E-state index contributed by atoms with van der Waals surface area (Å²) in [6, 6.07) is 4.46. The fourth-order valence-corrected chi connectivity index (χ4v) is 6.80. The van der Waals surface area contributed by atoms with Crippen LogP contribution in [-0.4, -0.2) is 72.8 Å². The summed E-state index contributed by atoms with van der Waals surface area (Å²) in [5.41, 5.74) is 1.48. The number of halogens is 2. The largest absolute Gasteiger partial charge is 0.381 e. The third kappa shape index (κ3) is 5.01. The molecule has 0 bridgehead atoms. The molecule has 3 atom stereocenters. The zero-order valence-corrected chi connectivity index (χ0v) is 21.8. The van der Waals surface area contributed by atoms with E-state index in [4.69, 9.17) is 4.74 Å². The first-order valence-corrected chi connectivity index (χ1v) is 13.7. The molecule has 34 heavy (non-hydrogen) atoms. The number of fused-ring (bicyclic) bond motifs is 1. The summed E-state index contributed by atoms with van der Waals surface area (Å²) in [4.78, 5) is 27.6. The molecule has 5 rings (SSSR count). The second-order valence-corrected chi connectivity index (χ2v) is 11.9. The van der Waals surface area contributed by atoms with Gasteiger partial charge in [0.2, 0.25) is 5.91 Å². The van der Waals surface area contributed by atoms with Crippen LogP contribution in [-0.2, 0) is 9.53 Å². The lowest BCUT2D eigenvalue weighted by molar-refractivity contribution is -0.133. The second-order valence-electron chi connectivity index (χ2n) is 9.40. The van der Waals surface area contributed by atoms with E-state index in [0.717, 1.165) is 46.1 Å². The highest BCUT2D eigenvalue weighted by Crippen LogP contribution is 2.44. The average molecular weight is 553 g/mol. The van der Waals surface area contributed by atoms with Crippen LogP contribution in [0.5, 0.6) is 0 Å². The Morgan fingerprint density at radius 1 is 1.26 bits per heavy atom. The van der Waals surface area contributed by atoms with Gasteiger partial charge in [-0.25, -0.2) is 14.4 Å². The van der Waals surface area contributed by atoms with Crippen molar-refractivity contribution in [3.8, 4) is 0 Å². The number of nitrogens with zero attached hydrogens (tertiary/aromatic N) is 4. The maximum absolute atomic E-state index is 14.4. The molecule has 1 amide bonds. The van der Waals surface area contributed by atoms with Crippen molar-refractivity contribution in [1.29, 1.82) is 0 Å². The highest BCUT2D eigenvalue weighted by molar-refractivity contribution is 9.11. The normalized spacial score (nSPS) is 24.3. The van der Waals surface area contributed by atoms with E-state index in [0.29, 0.717) is 50.9 Å². The summed E-state index contributed by atoms with van der Waals surface area (Å²) in [5, 5.41) is 3.62. The second kappa shape index (κ2) is 10.6. The van der Waals surface area contributed by atoms with E-state index in [1.807, 2.05) is 17.9 Å². The maximum Gasteiger partial charge on any atom is 0.232 e. The number of amides is 1. The Bertz CT molecular complexity index is 1010. The van der Waals surface area contributed by atoms with E-state index in [1.165, 1.54) is 6.33 Å². The van der Waals surface area contributed by atoms with Crippen molar-refractivity contribution in [2.45, 2.75) is 50.2 Å². The van der Waals surface area contributed by atoms with Gasteiger partial charge in [-0.3, -0.25) is 4.79 Å². The number of ether oxygens (including phenoxy) is 1. The van der Waals surface area contributed by atoms with Gasteiger partial charge in [-0.2, -0.15) is 0 Å². The highest BCUT2D eigenvalue weighted by Gasteiger charge is 2.36. The molecular formula is C24H31BrFN5O2S. The van der Waals surface area contributed by atoms with Gasteiger partial charge >= 0.3 is 0 Å². The van der Waals surface area contributed by atoms with E-state index in [1.54, 1.807) is 11.3 Å². The number of hydrogen-bond donors (Lipinski definition) is 1. The third-order valence-electron chi connectivity index (χ3n) is 7.20. The summed E-state index contributed by atoms with van der Waals surface area (Å²) < 4.78 is 20.9. The van der Waals surface area contributed by atoms with Crippen LogP contribution in [0.4, 0.5) is 10.2 Å². The molecule has 184 valence electrons. The van der Waals surface area contributed by atoms with Crippen LogP contribution < -0.4 is 10.2 Å². The SMILES string of the molecule is C[C@@H]1C[C@@H](F)c2ncnc(N3CCN(C(=O)[C@H](CNC4CCOCC4)c4ccc(Br)s4)CC3)c21. The van der Waals surface area contributed by atoms with Gasteiger partial charge in [0.05, 0.1) is 15.4 Å². The molecule has 2 aromatic heterocycles. The van der Waals surface area contributed by atoms with Gasteiger partial charge in [-0.15, -0.1) is 11.3 Å². The number of alkyl halides is 1. The Balaban J connectivity index is 1.26. The van der Waals surface area contributed by atoms with Crippen molar-refractivity contribution in [2.24, 2.45) is 0 Å². The van der Waals surface area contributed by atoms with E-state index >= 15 is 0 Å². The monoisotopic (exact) mass is 551 g/mol. The van der Waals surface area contributed by atoms with Crippen LogP contribution in [0.25, 0.3) is 0 Å². The van der Waals surface area contributed by atoms with Gasteiger partial charge in [0.15, 0.2) is 0 Å². The molecular weight excluding hydrogens is 521 g/mol. The maximum atomic E-state index is 14.4. The van der Waals surface area contributed by atoms with Crippen LogP contribution in [0.15, 0.2) is 22.2 Å². The van der Waals surface area contributed by atoms with E-state index < -0.39 is 6.17 Å². The van der Waals surface area contributed by atoms with Crippen molar-refractivity contribution in [3.05, 3.63) is 38.4 Å². The van der Waals surface area contributed by atoms with Crippen LogP contribution in [0.1, 0.15) is 60.3 Å². The smallest absolute Gasteiger partial charge is 0.232 e. The molecule has 1 aliphatic carbocycles. The lowest BCUT2D eigenvalue weighted by atomic mass is 10.0. The van der Waals surface area contributed by atoms with Crippen molar-refractivity contribution in [3.63, 3.8) is 0 Å². The zero-order valence-electron chi connectivity index (χ0n) is 19.4. The Morgan fingerprint density at radius 2 is 2.03 bits per heavy atom. The summed E-state index contributed by atoms with van der Waals surface area (Å²) in [7, 11) is 0. The van der Waals surface area contributed by atoms with Crippen LogP contribution in [0.3, 0.4) is 0 Å². The molecule has 2 fully saturated rings. The number of piperazine rings is 1. The minimum atomic E-state index is -1.01. The first-order chi connectivity index (χ1) is 16.5. The van der Waals surface area contributed by atoms with Gasteiger partial charge in [-0.05, 0) is 53.2 Å². The number of hydrogen-bond acceptors (Lipinski definition) is 7. The lowest BCUT2D eigenvalue weighted by Crippen LogP contribution is -2.51. The van der Waals surface area contributed by atoms with Gasteiger partial charge in [0.1, 0.15) is 18.3 Å². The number of rotatable bonds is 6. The van der Waals surface area contributed by atoms with Crippen molar-refractivity contribution < 1.29 is 13.9 Å². The predicted molar refractivity (Wildman–Crippen MR) is 134 cm³/mol. The minimum Gasteiger partial charge on any atom is -0.381 e. The molecule has 0 radical (unpaired) electrons. The van der Waals surface area contributed by atoms with E-state index in [9.17, 15) is 9.18 Å². The summed E-state index contributed by atoms with van der Waals surface area (Å²) >= 11 is 5.18. The van der Waals surface area contributed by atoms with Crippen LogP contribution in [0, 0.1) is 0 Å². The average Bonchev–Trinajstić information content (AvgIpc) is 3.42. The topological polar surface area (TPSA) is 70.6 Å². The number of nitrogens with one attached hydrogen (secondary N) is 1. The fourth-order valence-electron chi connectivity index (χ4n) is 5.28. The molecule has 7 nitrogen and oxygen atoms in total. The highest BCUT2D eigenvalue weighted by atomic mass is 79.9. The van der Waals surface area contributed by atoms with Gasteiger partial charge in [-0.1, -0.05) is 6.92 Å². The number of aromatic nitrogens is 2. The van der Waals surface area contributed by atoms with Crippen molar-refractivity contribution in [2.75, 3.05) is 50.8 Å². The van der Waals surface area contributed by atoms with Gasteiger partial charge < -0.3 is 19.9 Å². The van der Waals surface area contributed by atoms with E-state index in [-0.39, 0.29) is 17.7 Å². The number of anilines is 1. The van der Waals surface area contributed by atoms with E-state index in [2.05, 4.69) is 42.2 Å². The van der Waals surface area contributed by atoms with Crippen LogP contribution in [0.2, 0.25) is 0 Å². The lowest BCUT2D eigenvalue weighted by Gasteiger charge is -2.38. The standard InChI is InChI=1S/C24H31BrFN5O2S/c1-15-12-18(26)22-21(15)23(29-14-28-22)30-6-8-31(9-7-30)24(32)17(19-2-3-20(25)34-19)13-27-16-4-10-33-11-5-16/h2-3,14-18,27H,4-13H2,1H3/t15-,17-,18-/m1/s1. The molecule has 3 aliphatic rings. The summed E-state index contributed by atoms with van der Waals surface area (Å²) in [6.07, 6.45) is 2.90. The summed E-state index contributed by atoms with van der Waals surface area (Å²) in [6.45, 7) is 6.86. The summed E-state index contributed by atoms with van der Waals surface area (Å²) in [5.74, 6) is 0.906. The number of carbonyl (C=O) groups excluding carboxylic acids is 1. The Labute approximate surface area is 212 Å². The van der Waals surface area contributed by atoms with Gasteiger partial charge in [0.25, 0.3) is 0 Å². The van der Waals surface area contributed by atoms with Crippen molar-refractivity contribution in [1.82, 2.24) is 20.2 Å². The van der Waals surface area contributed by atoms with Crippen LogP contribution >= 0.6 is 27.3 Å². The molecule has 0 spiro atoms. The molecule has 0 aromatic carbocycles. The number of carbonyl (C=O) groups is 1. The Morgan fingerprint density at radius 3 is 2.74 bits per heavy atom. The zero-order chi connectivity index (χ0) is 23.7. The molecule has 1 N–H and O–H groups in total. The molecule has 0 unspecified atom stereocenters. The molecule has 10 heteroatoms.